The Morgan fingerprint density at radius 3 is 2.00 bits per heavy atom. The van der Waals surface area contributed by atoms with Gasteiger partial charge in [-0.25, -0.2) is 4.99 Å². The molecule has 1 aliphatic carbocycles. The summed E-state index contributed by atoms with van der Waals surface area (Å²) in [5.74, 6) is 0.856. The molecule has 4 rings (SSSR count). The maximum absolute atomic E-state index is 4.61. The third-order valence-electron chi connectivity index (χ3n) is 4.00. The van der Waals surface area contributed by atoms with Crippen LogP contribution in [-0.2, 0) is 0 Å². The van der Waals surface area contributed by atoms with Gasteiger partial charge in [-0.1, -0.05) is 60.7 Å². The first kappa shape index (κ1) is 13.0. The van der Waals surface area contributed by atoms with Gasteiger partial charge in [0.05, 0.1) is 5.71 Å². The summed E-state index contributed by atoms with van der Waals surface area (Å²) in [7, 11) is 0. The second-order valence-corrected chi connectivity index (χ2v) is 5.53. The lowest BCUT2D eigenvalue weighted by molar-refractivity contribution is 1.11. The molecule has 2 aliphatic rings. The number of fused-ring (bicyclic) bond motifs is 1. The Balaban J connectivity index is 1.88. The standard InChI is InChI=1S/C20H16N2/c1-14-21-19-12-17(15-8-4-2-5-9-15)18(13-20(19)22-14)16-10-6-3-7-11-16/h2-13,19H,1H3. The molecule has 0 saturated heterocycles. The molecule has 1 aliphatic heterocycles. The van der Waals surface area contributed by atoms with Gasteiger partial charge in [-0.2, -0.15) is 0 Å². The molecule has 0 aromatic heterocycles. The lowest BCUT2D eigenvalue weighted by Gasteiger charge is -2.20. The quantitative estimate of drug-likeness (QED) is 0.780. The van der Waals surface area contributed by atoms with Crippen LogP contribution in [0.3, 0.4) is 0 Å². The second-order valence-electron chi connectivity index (χ2n) is 5.53. The number of allylic oxidation sites excluding steroid dienone is 2. The molecule has 1 atom stereocenters. The van der Waals surface area contributed by atoms with Gasteiger partial charge in [0.15, 0.2) is 0 Å². The zero-order chi connectivity index (χ0) is 14.9. The fourth-order valence-electron chi connectivity index (χ4n) is 2.99. The molecule has 0 saturated carbocycles. The van der Waals surface area contributed by atoms with Crippen molar-refractivity contribution in [3.8, 4) is 0 Å². The maximum Gasteiger partial charge on any atom is 0.121 e. The summed E-state index contributed by atoms with van der Waals surface area (Å²) in [5, 5.41) is 0. The molecule has 0 amide bonds. The number of benzene rings is 2. The monoisotopic (exact) mass is 284 g/mol. The molecule has 0 spiro atoms. The zero-order valence-corrected chi connectivity index (χ0v) is 12.4. The van der Waals surface area contributed by atoms with Gasteiger partial charge in [0.2, 0.25) is 0 Å². The van der Waals surface area contributed by atoms with Crippen molar-refractivity contribution in [1.29, 1.82) is 0 Å². The first-order valence-electron chi connectivity index (χ1n) is 7.49. The van der Waals surface area contributed by atoms with Crippen molar-refractivity contribution in [2.24, 2.45) is 9.98 Å². The normalized spacial score (nSPS) is 19.8. The van der Waals surface area contributed by atoms with Crippen LogP contribution in [0.25, 0.3) is 11.1 Å². The van der Waals surface area contributed by atoms with E-state index in [9.17, 15) is 0 Å². The number of rotatable bonds is 2. The van der Waals surface area contributed by atoms with Crippen molar-refractivity contribution < 1.29 is 0 Å². The Hall–Kier alpha value is -2.74. The molecule has 0 radical (unpaired) electrons. The molecule has 2 heteroatoms. The van der Waals surface area contributed by atoms with Gasteiger partial charge in [-0.05, 0) is 41.3 Å². The Labute approximate surface area is 130 Å². The van der Waals surface area contributed by atoms with E-state index < -0.39 is 0 Å². The predicted molar refractivity (Wildman–Crippen MR) is 93.2 cm³/mol. The lowest BCUT2D eigenvalue weighted by atomic mass is 9.85. The van der Waals surface area contributed by atoms with Crippen LogP contribution < -0.4 is 0 Å². The summed E-state index contributed by atoms with van der Waals surface area (Å²) in [4.78, 5) is 9.17. The highest BCUT2D eigenvalue weighted by molar-refractivity contribution is 6.23. The van der Waals surface area contributed by atoms with Crippen LogP contribution in [0.15, 0.2) is 82.8 Å². The minimum atomic E-state index is 0.0580. The number of hydrogen-bond acceptors (Lipinski definition) is 2. The maximum atomic E-state index is 4.61. The molecule has 1 unspecified atom stereocenters. The van der Waals surface area contributed by atoms with Crippen molar-refractivity contribution in [1.82, 2.24) is 0 Å². The predicted octanol–water partition coefficient (Wildman–Crippen LogP) is 4.41. The average molecular weight is 284 g/mol. The molecular weight excluding hydrogens is 268 g/mol. The van der Waals surface area contributed by atoms with Crippen molar-refractivity contribution >= 4 is 22.7 Å². The SMILES string of the molecule is CC1=NC2C=C(c3ccccc3)C(c3ccccc3)=CC2=N1. The van der Waals surface area contributed by atoms with E-state index in [-0.39, 0.29) is 6.04 Å². The van der Waals surface area contributed by atoms with Crippen molar-refractivity contribution in [3.05, 3.63) is 83.9 Å². The Bertz CT molecular complexity index is 825. The van der Waals surface area contributed by atoms with Crippen molar-refractivity contribution in [3.63, 3.8) is 0 Å². The Morgan fingerprint density at radius 2 is 1.36 bits per heavy atom. The molecule has 106 valence electrons. The van der Waals surface area contributed by atoms with Crippen LogP contribution >= 0.6 is 0 Å². The van der Waals surface area contributed by atoms with E-state index >= 15 is 0 Å². The number of hydrogen-bond donors (Lipinski definition) is 0. The fourth-order valence-corrected chi connectivity index (χ4v) is 2.99. The summed E-state index contributed by atoms with van der Waals surface area (Å²) in [5.41, 5.74) is 5.91. The van der Waals surface area contributed by atoms with E-state index in [1.807, 2.05) is 19.1 Å². The van der Waals surface area contributed by atoms with Crippen LogP contribution in [0, 0.1) is 0 Å². The topological polar surface area (TPSA) is 24.7 Å². The van der Waals surface area contributed by atoms with E-state index in [2.05, 4.69) is 70.7 Å². The van der Waals surface area contributed by atoms with E-state index in [0.717, 1.165) is 11.5 Å². The molecule has 0 bridgehead atoms. The van der Waals surface area contributed by atoms with Crippen LogP contribution in [0.4, 0.5) is 0 Å². The Kier molecular flexibility index (Phi) is 3.08. The van der Waals surface area contributed by atoms with E-state index in [1.165, 1.54) is 22.3 Å². The number of nitrogens with zero attached hydrogens (tertiary/aromatic N) is 2. The minimum absolute atomic E-state index is 0.0580. The highest BCUT2D eigenvalue weighted by atomic mass is 15.0. The summed E-state index contributed by atoms with van der Waals surface area (Å²) < 4.78 is 0. The van der Waals surface area contributed by atoms with Gasteiger partial charge in [-0.3, -0.25) is 4.99 Å². The van der Waals surface area contributed by atoms with Crippen molar-refractivity contribution in [2.45, 2.75) is 13.0 Å². The zero-order valence-electron chi connectivity index (χ0n) is 12.4. The minimum Gasteiger partial charge on any atom is -0.257 e. The van der Waals surface area contributed by atoms with Crippen LogP contribution in [0.1, 0.15) is 18.1 Å². The van der Waals surface area contributed by atoms with Crippen LogP contribution in [-0.4, -0.2) is 17.6 Å². The highest BCUT2D eigenvalue weighted by Crippen LogP contribution is 2.36. The van der Waals surface area contributed by atoms with Gasteiger partial charge >= 0.3 is 0 Å². The first-order chi connectivity index (χ1) is 10.8. The summed E-state index contributed by atoms with van der Waals surface area (Å²) in [6.07, 6.45) is 4.41. The van der Waals surface area contributed by atoms with Crippen LogP contribution in [0.5, 0.6) is 0 Å². The summed E-state index contributed by atoms with van der Waals surface area (Å²) in [6.45, 7) is 1.96. The third-order valence-corrected chi connectivity index (χ3v) is 4.00. The molecule has 2 nitrogen and oxygen atoms in total. The van der Waals surface area contributed by atoms with Crippen molar-refractivity contribution in [2.75, 3.05) is 0 Å². The lowest BCUT2D eigenvalue weighted by Crippen LogP contribution is -2.16. The number of aliphatic imine (C=N–C) groups is 2. The van der Waals surface area contributed by atoms with Gasteiger partial charge in [0, 0.05) is 0 Å². The second kappa shape index (κ2) is 5.23. The first-order valence-corrected chi connectivity index (χ1v) is 7.49. The van der Waals surface area contributed by atoms with Gasteiger partial charge < -0.3 is 0 Å². The molecule has 2 aromatic carbocycles. The Morgan fingerprint density at radius 1 is 0.773 bits per heavy atom. The smallest absolute Gasteiger partial charge is 0.121 e. The van der Waals surface area contributed by atoms with E-state index in [4.69, 9.17) is 0 Å². The molecule has 1 heterocycles. The number of amidine groups is 1. The van der Waals surface area contributed by atoms with E-state index in [0.29, 0.717) is 0 Å². The summed E-state index contributed by atoms with van der Waals surface area (Å²) in [6, 6.07) is 21.0. The largest absolute Gasteiger partial charge is 0.257 e. The fraction of sp³-hybridized carbons (Fsp3) is 0.100. The average Bonchev–Trinajstić information content (AvgIpc) is 2.94. The van der Waals surface area contributed by atoms with Gasteiger partial charge in [0.1, 0.15) is 11.9 Å². The van der Waals surface area contributed by atoms with Crippen LogP contribution in [0.2, 0.25) is 0 Å². The third kappa shape index (κ3) is 2.23. The molecule has 2 aromatic rings. The van der Waals surface area contributed by atoms with Gasteiger partial charge in [0.25, 0.3) is 0 Å². The molecular formula is C20H16N2. The highest BCUT2D eigenvalue weighted by Gasteiger charge is 2.25. The van der Waals surface area contributed by atoms with Gasteiger partial charge in [-0.15, -0.1) is 0 Å². The van der Waals surface area contributed by atoms with E-state index in [1.54, 1.807) is 0 Å². The molecule has 0 N–H and O–H groups in total. The molecule has 0 fully saturated rings. The molecule has 22 heavy (non-hydrogen) atoms. The summed E-state index contributed by atoms with van der Waals surface area (Å²) >= 11 is 0.